The van der Waals surface area contributed by atoms with Gasteiger partial charge in [0.25, 0.3) is 5.56 Å². The molecular weight excluding hydrogens is 436 g/mol. The fourth-order valence-corrected chi connectivity index (χ4v) is 4.51. The molecule has 2 aromatic heterocycles. The highest BCUT2D eigenvalue weighted by atomic mass is 16.5. The van der Waals surface area contributed by atoms with E-state index in [-0.39, 0.29) is 19.0 Å². The number of methoxy groups -OCH3 is 1. The largest absolute Gasteiger partial charge is 0.383 e. The van der Waals surface area contributed by atoms with Crippen molar-refractivity contribution in [2.75, 3.05) is 40.9 Å². The van der Waals surface area contributed by atoms with Crippen LogP contribution in [0.25, 0.3) is 11.2 Å². The molecule has 0 atom stereocenters. The molecule has 182 valence electrons. The van der Waals surface area contributed by atoms with Gasteiger partial charge in [0, 0.05) is 32.8 Å². The van der Waals surface area contributed by atoms with Gasteiger partial charge in [-0.25, -0.2) is 14.3 Å². The maximum absolute atomic E-state index is 13.5. The van der Waals surface area contributed by atoms with E-state index in [0.717, 1.165) is 23.0 Å². The lowest BCUT2D eigenvalue weighted by Gasteiger charge is -2.35. The number of rotatable bonds is 8. The van der Waals surface area contributed by atoms with Gasteiger partial charge in [0.15, 0.2) is 11.2 Å². The van der Waals surface area contributed by atoms with E-state index in [0.29, 0.717) is 43.4 Å². The summed E-state index contributed by atoms with van der Waals surface area (Å²) in [6.45, 7) is 2.00. The summed E-state index contributed by atoms with van der Waals surface area (Å²) in [4.78, 5) is 48.3. The molecule has 1 amide bonds. The van der Waals surface area contributed by atoms with Crippen molar-refractivity contribution < 1.29 is 9.53 Å². The van der Waals surface area contributed by atoms with E-state index in [9.17, 15) is 14.4 Å². The number of carbonyl (C=O) groups excluding carboxylic acids is 1. The molecule has 1 aliphatic heterocycles. The standard InChI is InChI=1S/C24H32N6O4/c1-26(2)19-9-11-27(12-10-19)20(31)16-30-23(32)21-22(25-17-28(21)13-14-34-3)29(24(30)33)15-18-7-5-4-6-8-18/h4-8,17,19H,9-16H2,1-3H3. The number of imidazole rings is 1. The fourth-order valence-electron chi connectivity index (χ4n) is 4.51. The van der Waals surface area contributed by atoms with E-state index in [1.165, 1.54) is 4.57 Å². The summed E-state index contributed by atoms with van der Waals surface area (Å²) >= 11 is 0. The van der Waals surface area contributed by atoms with Crippen LogP contribution in [-0.2, 0) is 29.2 Å². The van der Waals surface area contributed by atoms with Gasteiger partial charge in [0.1, 0.15) is 6.54 Å². The first-order valence-electron chi connectivity index (χ1n) is 11.6. The van der Waals surface area contributed by atoms with Crippen LogP contribution >= 0.6 is 0 Å². The normalized spacial score (nSPS) is 14.9. The van der Waals surface area contributed by atoms with Gasteiger partial charge in [-0.15, -0.1) is 0 Å². The Labute approximate surface area is 198 Å². The van der Waals surface area contributed by atoms with Gasteiger partial charge < -0.3 is 19.1 Å². The van der Waals surface area contributed by atoms with Gasteiger partial charge in [-0.1, -0.05) is 30.3 Å². The quantitative estimate of drug-likeness (QED) is 0.481. The maximum Gasteiger partial charge on any atom is 0.333 e. The molecule has 0 spiro atoms. The third-order valence-corrected chi connectivity index (χ3v) is 6.54. The van der Waals surface area contributed by atoms with E-state index in [1.54, 1.807) is 22.9 Å². The first kappa shape index (κ1) is 23.9. The minimum absolute atomic E-state index is 0.218. The SMILES string of the molecule is COCCn1cnc2c1c(=O)n(CC(=O)N1CCC(N(C)C)CC1)c(=O)n2Cc1ccccc1. The van der Waals surface area contributed by atoms with Crippen LogP contribution in [0.3, 0.4) is 0 Å². The second-order valence-electron chi connectivity index (χ2n) is 8.92. The van der Waals surface area contributed by atoms with Gasteiger partial charge in [0.2, 0.25) is 5.91 Å². The van der Waals surface area contributed by atoms with E-state index >= 15 is 0 Å². The Hall–Kier alpha value is -3.24. The Morgan fingerprint density at radius 2 is 1.82 bits per heavy atom. The van der Waals surface area contributed by atoms with Gasteiger partial charge >= 0.3 is 5.69 Å². The van der Waals surface area contributed by atoms with Crippen molar-refractivity contribution in [3.8, 4) is 0 Å². The number of ether oxygens (including phenoxy) is 1. The number of aromatic nitrogens is 4. The van der Waals surface area contributed by atoms with Crippen LogP contribution in [-0.4, -0.2) is 81.3 Å². The molecule has 4 rings (SSSR count). The molecule has 1 fully saturated rings. The van der Waals surface area contributed by atoms with Crippen LogP contribution < -0.4 is 11.2 Å². The molecule has 0 bridgehead atoms. The number of nitrogens with zero attached hydrogens (tertiary/aromatic N) is 6. The predicted octanol–water partition coefficient (Wildman–Crippen LogP) is 0.607. The first-order chi connectivity index (χ1) is 16.4. The highest BCUT2D eigenvalue weighted by Crippen LogP contribution is 2.15. The average Bonchev–Trinajstić information content (AvgIpc) is 3.27. The van der Waals surface area contributed by atoms with Crippen LogP contribution in [0.1, 0.15) is 18.4 Å². The second-order valence-corrected chi connectivity index (χ2v) is 8.92. The molecule has 0 saturated carbocycles. The molecule has 10 nitrogen and oxygen atoms in total. The first-order valence-corrected chi connectivity index (χ1v) is 11.6. The summed E-state index contributed by atoms with van der Waals surface area (Å²) in [7, 11) is 5.67. The lowest BCUT2D eigenvalue weighted by Crippen LogP contribution is -2.49. The third-order valence-electron chi connectivity index (χ3n) is 6.54. The summed E-state index contributed by atoms with van der Waals surface area (Å²) in [6.07, 6.45) is 3.29. The van der Waals surface area contributed by atoms with Crippen molar-refractivity contribution >= 4 is 17.1 Å². The molecule has 3 heterocycles. The molecule has 1 saturated heterocycles. The molecular formula is C24H32N6O4. The highest BCUT2D eigenvalue weighted by molar-refractivity contribution is 5.77. The Kier molecular flexibility index (Phi) is 7.28. The van der Waals surface area contributed by atoms with Crippen LogP contribution in [0.2, 0.25) is 0 Å². The lowest BCUT2D eigenvalue weighted by molar-refractivity contribution is -0.133. The van der Waals surface area contributed by atoms with Crippen molar-refractivity contribution in [3.05, 3.63) is 63.1 Å². The molecule has 0 radical (unpaired) electrons. The number of benzene rings is 1. The van der Waals surface area contributed by atoms with E-state index in [4.69, 9.17) is 4.74 Å². The molecule has 10 heteroatoms. The second kappa shape index (κ2) is 10.4. The summed E-state index contributed by atoms with van der Waals surface area (Å²) in [5.41, 5.74) is 0.473. The zero-order chi connectivity index (χ0) is 24.2. The Morgan fingerprint density at radius 3 is 2.47 bits per heavy atom. The topological polar surface area (TPSA) is 94.6 Å². The van der Waals surface area contributed by atoms with E-state index < -0.39 is 11.2 Å². The molecule has 1 aromatic carbocycles. The van der Waals surface area contributed by atoms with E-state index in [1.807, 2.05) is 44.4 Å². The average molecular weight is 469 g/mol. The minimum Gasteiger partial charge on any atom is -0.383 e. The van der Waals surface area contributed by atoms with Gasteiger partial charge in [0.05, 0.1) is 19.5 Å². The zero-order valence-electron chi connectivity index (χ0n) is 20.0. The van der Waals surface area contributed by atoms with Gasteiger partial charge in [-0.3, -0.25) is 14.2 Å². The van der Waals surface area contributed by atoms with Gasteiger partial charge in [-0.05, 0) is 32.5 Å². The molecule has 1 aliphatic rings. The zero-order valence-corrected chi connectivity index (χ0v) is 20.0. The molecule has 0 unspecified atom stereocenters. The lowest BCUT2D eigenvalue weighted by atomic mass is 10.0. The summed E-state index contributed by atoms with van der Waals surface area (Å²) in [5, 5.41) is 0. The van der Waals surface area contributed by atoms with Crippen molar-refractivity contribution in [1.82, 2.24) is 28.5 Å². The van der Waals surface area contributed by atoms with Crippen molar-refractivity contribution in [2.45, 2.75) is 38.5 Å². The number of hydrogen-bond acceptors (Lipinski definition) is 6. The fraction of sp³-hybridized carbons (Fsp3) is 0.500. The monoisotopic (exact) mass is 468 g/mol. The number of hydrogen-bond donors (Lipinski definition) is 0. The Bertz CT molecular complexity index is 1250. The number of piperidine rings is 1. The van der Waals surface area contributed by atoms with Crippen molar-refractivity contribution in [2.24, 2.45) is 0 Å². The van der Waals surface area contributed by atoms with Gasteiger partial charge in [-0.2, -0.15) is 0 Å². The number of likely N-dealkylation sites (tertiary alicyclic amines) is 1. The van der Waals surface area contributed by atoms with Crippen LogP contribution in [0, 0.1) is 0 Å². The highest BCUT2D eigenvalue weighted by Gasteiger charge is 2.26. The molecule has 3 aromatic rings. The Morgan fingerprint density at radius 1 is 1.12 bits per heavy atom. The van der Waals surface area contributed by atoms with E-state index in [2.05, 4.69) is 9.88 Å². The summed E-state index contributed by atoms with van der Waals surface area (Å²) in [6, 6.07) is 9.95. The molecule has 34 heavy (non-hydrogen) atoms. The van der Waals surface area contributed by atoms with Crippen LogP contribution in [0.4, 0.5) is 0 Å². The predicted molar refractivity (Wildman–Crippen MR) is 129 cm³/mol. The van der Waals surface area contributed by atoms with Crippen molar-refractivity contribution in [3.63, 3.8) is 0 Å². The number of fused-ring (bicyclic) bond motifs is 1. The van der Waals surface area contributed by atoms with Crippen LogP contribution in [0.15, 0.2) is 46.2 Å². The summed E-state index contributed by atoms with van der Waals surface area (Å²) in [5.74, 6) is -0.218. The summed E-state index contributed by atoms with van der Waals surface area (Å²) < 4.78 is 9.37. The third kappa shape index (κ3) is 4.83. The molecule has 0 N–H and O–H groups in total. The maximum atomic E-state index is 13.5. The smallest absolute Gasteiger partial charge is 0.333 e. The number of amides is 1. The van der Waals surface area contributed by atoms with Crippen molar-refractivity contribution in [1.29, 1.82) is 0 Å². The number of carbonyl (C=O) groups is 1. The van der Waals surface area contributed by atoms with Crippen LogP contribution in [0.5, 0.6) is 0 Å². The molecule has 0 aliphatic carbocycles. The Balaban J connectivity index is 1.71. The minimum atomic E-state index is -0.533.